The van der Waals surface area contributed by atoms with Gasteiger partial charge in [0.2, 0.25) is 0 Å². The van der Waals surface area contributed by atoms with Gasteiger partial charge in [-0.15, -0.1) is 0 Å². The fraction of sp³-hybridized carbons (Fsp3) is 1.00. The van der Waals surface area contributed by atoms with Crippen molar-refractivity contribution in [3.05, 3.63) is 0 Å². The van der Waals surface area contributed by atoms with Crippen LogP contribution in [0.2, 0.25) is 0 Å². The number of rotatable bonds is 9. The summed E-state index contributed by atoms with van der Waals surface area (Å²) in [7, 11) is -4.62. The van der Waals surface area contributed by atoms with E-state index in [2.05, 4.69) is 53.4 Å². The zero-order chi connectivity index (χ0) is 30.2. The summed E-state index contributed by atoms with van der Waals surface area (Å²) in [5, 5.41) is 0. The van der Waals surface area contributed by atoms with Crippen LogP contribution in [0.3, 0.4) is 0 Å². The van der Waals surface area contributed by atoms with Gasteiger partial charge < -0.3 is 0 Å². The zero-order valence-corrected chi connectivity index (χ0v) is 31.9. The molecule has 0 bridgehead atoms. The maximum atomic E-state index is 5.01. The second kappa shape index (κ2) is 14.4. The summed E-state index contributed by atoms with van der Waals surface area (Å²) >= 11 is 0. The first-order valence-corrected chi connectivity index (χ1v) is 24.9. The Hall–Kier alpha value is 0.930. The van der Waals surface area contributed by atoms with Crippen LogP contribution in [0.4, 0.5) is 0 Å². The molecule has 7 fully saturated rings. The number of nitrogens with one attached hydrogen (secondary N) is 2. The van der Waals surface area contributed by atoms with E-state index in [1.807, 2.05) is 0 Å². The molecule has 0 aromatic rings. The Balaban J connectivity index is 1.38. The molecule has 7 rings (SSSR count). The second-order valence-electron chi connectivity index (χ2n) is 15.8. The van der Waals surface area contributed by atoms with Gasteiger partial charge in [0.05, 0.1) is 0 Å². The van der Waals surface area contributed by atoms with E-state index in [1.165, 1.54) is 175 Å². The molecule has 7 aliphatic heterocycles. The normalized spacial score (nSPS) is 35.0. The zero-order valence-electron chi connectivity index (χ0n) is 28.9. The molecule has 0 aromatic heterocycles. The molecule has 7 aliphatic rings. The summed E-state index contributed by atoms with van der Waals surface area (Å²) in [5.74, 6) is 1.80. The van der Waals surface area contributed by atoms with E-state index in [1.54, 1.807) is 0 Å². The Bertz CT molecular complexity index is 908. The van der Waals surface area contributed by atoms with Gasteiger partial charge in [-0.1, -0.05) is 0 Å². The summed E-state index contributed by atoms with van der Waals surface area (Å²) in [4.78, 5) is 9.98. The van der Waals surface area contributed by atoms with Gasteiger partial charge in [-0.25, -0.2) is 0 Å². The molecule has 0 amide bonds. The molecular formula is C32H70N9P3. The molecule has 12 heteroatoms. The van der Waals surface area contributed by atoms with Crippen molar-refractivity contribution in [1.29, 1.82) is 0 Å². The number of piperidine rings is 2. The van der Waals surface area contributed by atoms with Crippen molar-refractivity contribution in [3.8, 4) is 0 Å². The molecule has 7 saturated heterocycles. The van der Waals surface area contributed by atoms with E-state index in [-0.39, 0.29) is 0 Å². The molecule has 0 atom stereocenters. The Morgan fingerprint density at radius 1 is 0.523 bits per heavy atom. The standard InChI is InChI=1S/C32H70N9P3/c1-4-5-14-32-17-29-41(30-18-32)44(40-25-12-13-26-40)34-42(36-19-6-7-20-36,37-27-15-31(2)16-28-37)33-43(35(44)3,38-21-8-9-22-38)39-23-10-11-24-39/h31-34,42-44H,4-30H2,1-3H3. The third kappa shape index (κ3) is 5.92. The van der Waals surface area contributed by atoms with Crippen LogP contribution in [0.5, 0.6) is 0 Å². The van der Waals surface area contributed by atoms with Crippen molar-refractivity contribution in [1.82, 2.24) is 42.2 Å². The van der Waals surface area contributed by atoms with Crippen LogP contribution in [-0.2, 0) is 0 Å². The Morgan fingerprint density at radius 2 is 0.886 bits per heavy atom. The van der Waals surface area contributed by atoms with Gasteiger partial charge in [-0.3, -0.25) is 0 Å². The minimum atomic E-state index is -2.44. The monoisotopic (exact) mass is 673 g/mol. The first-order chi connectivity index (χ1) is 21.5. The molecular weight excluding hydrogens is 603 g/mol. The predicted octanol–water partition coefficient (Wildman–Crippen LogP) is 6.36. The average Bonchev–Trinajstić information content (AvgIpc) is 3.90. The molecule has 0 unspecified atom stereocenters. The van der Waals surface area contributed by atoms with Crippen molar-refractivity contribution in [3.63, 3.8) is 0 Å². The van der Waals surface area contributed by atoms with Crippen molar-refractivity contribution >= 4 is 23.6 Å². The van der Waals surface area contributed by atoms with Gasteiger partial charge in [0, 0.05) is 0 Å². The van der Waals surface area contributed by atoms with Crippen LogP contribution in [-0.4, -0.2) is 118 Å². The van der Waals surface area contributed by atoms with E-state index >= 15 is 0 Å². The summed E-state index contributed by atoms with van der Waals surface area (Å²) in [6.45, 7) is 20.4. The fourth-order valence-corrected chi connectivity index (χ4v) is 34.3. The van der Waals surface area contributed by atoms with E-state index in [0.29, 0.717) is 0 Å². The molecule has 0 aliphatic carbocycles. The van der Waals surface area contributed by atoms with Crippen LogP contribution < -0.4 is 9.72 Å². The second-order valence-corrected chi connectivity index (χ2v) is 27.2. The summed E-state index contributed by atoms with van der Waals surface area (Å²) in [6, 6.07) is 0. The van der Waals surface area contributed by atoms with E-state index < -0.39 is 23.6 Å². The molecule has 0 radical (unpaired) electrons. The molecule has 258 valence electrons. The van der Waals surface area contributed by atoms with Gasteiger partial charge in [0.1, 0.15) is 0 Å². The quantitative estimate of drug-likeness (QED) is 0.273. The van der Waals surface area contributed by atoms with Gasteiger partial charge in [-0.2, -0.15) is 0 Å². The van der Waals surface area contributed by atoms with E-state index in [9.17, 15) is 0 Å². The summed E-state index contributed by atoms with van der Waals surface area (Å²) < 4.78 is 21.9. The van der Waals surface area contributed by atoms with Gasteiger partial charge in [-0.05, 0) is 0 Å². The van der Waals surface area contributed by atoms with Gasteiger partial charge >= 0.3 is 273 Å². The van der Waals surface area contributed by atoms with Crippen molar-refractivity contribution in [2.45, 2.75) is 110 Å². The van der Waals surface area contributed by atoms with Crippen LogP contribution in [0.15, 0.2) is 0 Å². The molecule has 9 nitrogen and oxygen atoms in total. The summed E-state index contributed by atoms with van der Waals surface area (Å²) in [5.41, 5.74) is 0. The van der Waals surface area contributed by atoms with Crippen LogP contribution in [0.1, 0.15) is 110 Å². The SMILES string of the molecule is CCCCC1CCN([PH]2(N3CCCC3)N[PH](N3CCCC3)(N3CCC(C)CC3)N[PH](N3CCCC3)(N3CCCC3)N2C)CC1. The number of unbranched alkanes of at least 4 members (excludes halogenated alkanes) is 1. The Labute approximate surface area is 272 Å². The molecule has 7 heterocycles. The van der Waals surface area contributed by atoms with Crippen molar-refractivity contribution < 1.29 is 0 Å². The number of hydrogen-bond acceptors (Lipinski definition) is 9. The summed E-state index contributed by atoms with van der Waals surface area (Å²) in [6.07, 6.45) is 20.8. The van der Waals surface area contributed by atoms with Gasteiger partial charge in [0.25, 0.3) is 0 Å². The maximum absolute atomic E-state index is 5.01. The van der Waals surface area contributed by atoms with Gasteiger partial charge in [0.15, 0.2) is 0 Å². The number of nitrogens with zero attached hydrogens (tertiary/aromatic N) is 7. The predicted molar refractivity (Wildman–Crippen MR) is 196 cm³/mol. The molecule has 44 heavy (non-hydrogen) atoms. The van der Waals surface area contributed by atoms with Crippen molar-refractivity contribution in [2.75, 3.05) is 85.6 Å². The van der Waals surface area contributed by atoms with E-state index in [0.717, 1.165) is 11.8 Å². The Morgan fingerprint density at radius 3 is 1.32 bits per heavy atom. The third-order valence-corrected chi connectivity index (χ3v) is 30.3. The molecule has 2 N–H and O–H groups in total. The van der Waals surface area contributed by atoms with Crippen LogP contribution in [0, 0.1) is 11.8 Å². The van der Waals surface area contributed by atoms with E-state index in [4.69, 9.17) is 9.72 Å². The molecule has 0 spiro atoms. The number of hydrogen-bond donors (Lipinski definition) is 2. The molecule has 0 aromatic carbocycles. The van der Waals surface area contributed by atoms with Crippen molar-refractivity contribution in [2.24, 2.45) is 11.8 Å². The first-order valence-electron chi connectivity index (χ1n) is 19.4. The average molecular weight is 674 g/mol. The topological polar surface area (TPSA) is 46.7 Å². The molecule has 0 saturated carbocycles. The first kappa shape index (κ1) is 33.4. The Kier molecular flexibility index (Phi) is 11.0. The fourth-order valence-electron chi connectivity index (χ4n) is 10.5. The third-order valence-electron chi connectivity index (χ3n) is 13.1. The van der Waals surface area contributed by atoms with Crippen LogP contribution in [0.25, 0.3) is 0 Å². The van der Waals surface area contributed by atoms with Crippen LogP contribution >= 0.6 is 23.6 Å². The minimum absolute atomic E-state index is 0.865.